The van der Waals surface area contributed by atoms with Gasteiger partial charge in [0.05, 0.1) is 17.9 Å². The van der Waals surface area contributed by atoms with Gasteiger partial charge in [-0.25, -0.2) is 0 Å². The molecule has 158 valence electrons. The van der Waals surface area contributed by atoms with Crippen LogP contribution < -0.4 is 10.1 Å². The van der Waals surface area contributed by atoms with E-state index in [2.05, 4.69) is 17.3 Å². The summed E-state index contributed by atoms with van der Waals surface area (Å²) < 4.78 is 7.68. The van der Waals surface area contributed by atoms with Crippen molar-refractivity contribution in [3.05, 3.63) is 41.2 Å². The second-order valence-corrected chi connectivity index (χ2v) is 8.11. The summed E-state index contributed by atoms with van der Waals surface area (Å²) in [4.78, 5) is 14.5. The minimum atomic E-state index is -0.958. The number of nitrogens with one attached hydrogen (secondary N) is 1. The molecule has 1 unspecified atom stereocenters. The van der Waals surface area contributed by atoms with Gasteiger partial charge in [0.25, 0.3) is 0 Å². The third kappa shape index (κ3) is 5.58. The number of anilines is 1. The molecule has 1 aromatic carbocycles. The number of aromatic nitrogens is 2. The third-order valence-corrected chi connectivity index (χ3v) is 5.53. The summed E-state index contributed by atoms with van der Waals surface area (Å²) >= 11 is 0. The number of ether oxygens (including phenoxy) is 1. The van der Waals surface area contributed by atoms with Crippen LogP contribution in [0.15, 0.2) is 24.4 Å². The lowest BCUT2D eigenvalue weighted by molar-refractivity contribution is -0.119. The van der Waals surface area contributed by atoms with Gasteiger partial charge in [-0.3, -0.25) is 14.4 Å². The van der Waals surface area contributed by atoms with E-state index in [9.17, 15) is 9.90 Å². The monoisotopic (exact) mass is 400 g/mol. The summed E-state index contributed by atoms with van der Waals surface area (Å²) in [5.74, 6) is 0.669. The van der Waals surface area contributed by atoms with Crippen LogP contribution in [0.4, 0.5) is 5.69 Å². The molecule has 1 fully saturated rings. The van der Waals surface area contributed by atoms with Crippen LogP contribution in [0, 0.1) is 20.8 Å². The second kappa shape index (κ2) is 8.97. The standard InChI is InChI=1S/C22H32N4O3/c1-5-26-12-20(18(4)24-26)23-21(27)13-25-10-6-9-22(28,14-25)15-29-19-8-7-16(2)17(3)11-19/h7-8,11-12,28H,5-6,9-10,13-15H2,1-4H3,(H,23,27). The van der Waals surface area contributed by atoms with Crippen molar-refractivity contribution in [1.29, 1.82) is 0 Å². The average Bonchev–Trinajstić information content (AvgIpc) is 3.02. The first-order valence-corrected chi connectivity index (χ1v) is 10.3. The number of benzene rings is 1. The van der Waals surface area contributed by atoms with Gasteiger partial charge in [-0.15, -0.1) is 0 Å². The lowest BCUT2D eigenvalue weighted by atomic mass is 9.93. The topological polar surface area (TPSA) is 79.6 Å². The largest absolute Gasteiger partial charge is 0.491 e. The van der Waals surface area contributed by atoms with Gasteiger partial charge in [0.2, 0.25) is 5.91 Å². The molecule has 0 spiro atoms. The number of nitrogens with zero attached hydrogens (tertiary/aromatic N) is 3. The van der Waals surface area contributed by atoms with Crippen molar-refractivity contribution >= 4 is 11.6 Å². The Labute approximate surface area is 172 Å². The lowest BCUT2D eigenvalue weighted by Crippen LogP contribution is -2.53. The molecule has 3 rings (SSSR count). The molecule has 1 aliphatic heterocycles. The maximum Gasteiger partial charge on any atom is 0.238 e. The highest BCUT2D eigenvalue weighted by atomic mass is 16.5. The van der Waals surface area contributed by atoms with Gasteiger partial charge in [-0.05, 0) is 70.3 Å². The molecule has 0 bridgehead atoms. The number of β-amino-alcohol motifs (C(OH)–C–C–N with tert-alkyl or cyclic N) is 1. The molecule has 2 N–H and O–H groups in total. The molecule has 0 aliphatic carbocycles. The minimum absolute atomic E-state index is 0.0944. The Hall–Kier alpha value is -2.38. The van der Waals surface area contributed by atoms with E-state index >= 15 is 0 Å². The van der Waals surface area contributed by atoms with E-state index in [1.165, 1.54) is 5.56 Å². The van der Waals surface area contributed by atoms with Crippen LogP contribution in [-0.2, 0) is 11.3 Å². The zero-order chi connectivity index (χ0) is 21.0. The van der Waals surface area contributed by atoms with E-state index in [0.717, 1.165) is 42.2 Å². The number of carbonyl (C=O) groups is 1. The number of carbonyl (C=O) groups excluding carboxylic acids is 1. The zero-order valence-corrected chi connectivity index (χ0v) is 17.9. The van der Waals surface area contributed by atoms with Crippen molar-refractivity contribution in [3.63, 3.8) is 0 Å². The highest BCUT2D eigenvalue weighted by molar-refractivity contribution is 5.92. The molecular weight excluding hydrogens is 368 g/mol. The van der Waals surface area contributed by atoms with Crippen LogP contribution in [0.1, 0.15) is 36.6 Å². The fraction of sp³-hybridized carbons (Fsp3) is 0.545. The second-order valence-electron chi connectivity index (χ2n) is 8.11. The lowest BCUT2D eigenvalue weighted by Gasteiger charge is -2.38. The summed E-state index contributed by atoms with van der Waals surface area (Å²) in [6.07, 6.45) is 3.34. The maximum atomic E-state index is 12.5. The van der Waals surface area contributed by atoms with Gasteiger partial charge in [0.15, 0.2) is 0 Å². The van der Waals surface area contributed by atoms with Gasteiger partial charge in [-0.1, -0.05) is 6.07 Å². The Balaban J connectivity index is 1.54. The quantitative estimate of drug-likeness (QED) is 0.747. The molecule has 1 amide bonds. The summed E-state index contributed by atoms with van der Waals surface area (Å²) in [6.45, 7) is 10.4. The van der Waals surface area contributed by atoms with Crippen molar-refractivity contribution in [2.75, 3.05) is 31.6 Å². The van der Waals surface area contributed by atoms with Crippen molar-refractivity contribution in [1.82, 2.24) is 14.7 Å². The van der Waals surface area contributed by atoms with E-state index in [0.29, 0.717) is 13.0 Å². The Morgan fingerprint density at radius 1 is 1.31 bits per heavy atom. The number of aliphatic hydroxyl groups is 1. The number of amides is 1. The minimum Gasteiger partial charge on any atom is -0.491 e. The number of likely N-dealkylation sites (tertiary alicyclic amines) is 1. The number of aryl methyl sites for hydroxylation is 4. The molecule has 7 heteroatoms. The molecular formula is C22H32N4O3. The first-order chi connectivity index (χ1) is 13.8. The Bertz CT molecular complexity index is 864. The zero-order valence-electron chi connectivity index (χ0n) is 17.9. The number of hydrogen-bond acceptors (Lipinski definition) is 5. The molecule has 1 saturated heterocycles. The first-order valence-electron chi connectivity index (χ1n) is 10.3. The molecule has 1 aromatic heterocycles. The van der Waals surface area contributed by atoms with E-state index < -0.39 is 5.60 Å². The van der Waals surface area contributed by atoms with E-state index in [1.54, 1.807) is 4.68 Å². The normalized spacial score (nSPS) is 19.9. The fourth-order valence-corrected chi connectivity index (χ4v) is 3.68. The fourth-order valence-electron chi connectivity index (χ4n) is 3.68. The Morgan fingerprint density at radius 3 is 2.79 bits per heavy atom. The smallest absolute Gasteiger partial charge is 0.238 e. The van der Waals surface area contributed by atoms with E-state index in [1.807, 2.05) is 50.1 Å². The van der Waals surface area contributed by atoms with Crippen LogP contribution >= 0.6 is 0 Å². The van der Waals surface area contributed by atoms with Crippen molar-refractivity contribution in [2.24, 2.45) is 0 Å². The summed E-state index contributed by atoms with van der Waals surface area (Å²) in [7, 11) is 0. The van der Waals surface area contributed by atoms with Crippen LogP contribution in [0.25, 0.3) is 0 Å². The predicted molar refractivity (Wildman–Crippen MR) is 113 cm³/mol. The molecule has 0 saturated carbocycles. The van der Waals surface area contributed by atoms with E-state index in [4.69, 9.17) is 4.74 Å². The Kier molecular flexibility index (Phi) is 6.59. The van der Waals surface area contributed by atoms with Crippen LogP contribution in [0.5, 0.6) is 5.75 Å². The summed E-state index contributed by atoms with van der Waals surface area (Å²) in [5, 5.41) is 18.3. The molecule has 0 radical (unpaired) electrons. The molecule has 29 heavy (non-hydrogen) atoms. The average molecular weight is 401 g/mol. The van der Waals surface area contributed by atoms with Gasteiger partial charge in [-0.2, -0.15) is 5.10 Å². The molecule has 2 heterocycles. The molecule has 2 aromatic rings. The first kappa shape index (κ1) is 21.3. The van der Waals surface area contributed by atoms with Gasteiger partial charge >= 0.3 is 0 Å². The number of hydrogen-bond donors (Lipinski definition) is 2. The SMILES string of the molecule is CCn1cc(NC(=O)CN2CCCC(O)(COc3ccc(C)c(C)c3)C2)c(C)n1. The summed E-state index contributed by atoms with van der Waals surface area (Å²) in [6, 6.07) is 5.94. The molecule has 7 nitrogen and oxygen atoms in total. The van der Waals surface area contributed by atoms with Crippen LogP contribution in [0.3, 0.4) is 0 Å². The van der Waals surface area contributed by atoms with Gasteiger partial charge in [0.1, 0.15) is 18.0 Å². The highest BCUT2D eigenvalue weighted by Crippen LogP contribution is 2.24. The predicted octanol–water partition coefficient (Wildman–Crippen LogP) is 2.67. The number of piperidine rings is 1. The van der Waals surface area contributed by atoms with Crippen molar-refractivity contribution < 1.29 is 14.6 Å². The van der Waals surface area contributed by atoms with Gasteiger partial charge < -0.3 is 15.2 Å². The van der Waals surface area contributed by atoms with Crippen molar-refractivity contribution in [2.45, 2.75) is 52.7 Å². The molecule has 1 aliphatic rings. The Morgan fingerprint density at radius 2 is 2.10 bits per heavy atom. The van der Waals surface area contributed by atoms with Crippen LogP contribution in [0.2, 0.25) is 0 Å². The van der Waals surface area contributed by atoms with E-state index in [-0.39, 0.29) is 19.1 Å². The highest BCUT2D eigenvalue weighted by Gasteiger charge is 2.34. The maximum absolute atomic E-state index is 12.5. The third-order valence-electron chi connectivity index (χ3n) is 5.53. The summed E-state index contributed by atoms with van der Waals surface area (Å²) in [5.41, 5.74) is 2.96. The van der Waals surface area contributed by atoms with Crippen molar-refractivity contribution in [3.8, 4) is 5.75 Å². The van der Waals surface area contributed by atoms with Gasteiger partial charge in [0, 0.05) is 19.3 Å². The van der Waals surface area contributed by atoms with Crippen LogP contribution in [-0.4, -0.2) is 57.5 Å². The molecule has 1 atom stereocenters. The number of rotatable bonds is 7.